The number of carbonyl (C=O) groups excluding carboxylic acids is 1. The van der Waals surface area contributed by atoms with E-state index in [-0.39, 0.29) is 18.0 Å². The van der Waals surface area contributed by atoms with Crippen LogP contribution in [0.25, 0.3) is 0 Å². The van der Waals surface area contributed by atoms with Crippen molar-refractivity contribution in [3.05, 3.63) is 0 Å². The molecular weight excluding hydrogens is 232 g/mol. The van der Waals surface area contributed by atoms with E-state index in [1.165, 1.54) is 0 Å². The summed E-state index contributed by atoms with van der Waals surface area (Å²) < 4.78 is 0. The van der Waals surface area contributed by atoms with Crippen LogP contribution in [0.1, 0.15) is 47.0 Å². The number of hydrogen-bond donors (Lipinski definition) is 2. The Kier molecular flexibility index (Phi) is 7.39. The molecule has 5 heteroatoms. The van der Waals surface area contributed by atoms with Crippen LogP contribution in [0.3, 0.4) is 0 Å². The molecule has 0 fully saturated rings. The first kappa shape index (κ1) is 16.7. The molecule has 0 bridgehead atoms. The van der Waals surface area contributed by atoms with Crippen molar-refractivity contribution in [2.24, 2.45) is 5.92 Å². The van der Waals surface area contributed by atoms with Crippen molar-refractivity contribution in [2.45, 2.75) is 59.0 Å². The summed E-state index contributed by atoms with van der Waals surface area (Å²) in [6.45, 7) is 7.89. The number of hydrogen-bond acceptors (Lipinski definition) is 2. The molecule has 5 nitrogen and oxygen atoms in total. The van der Waals surface area contributed by atoms with Crippen molar-refractivity contribution >= 4 is 12.0 Å². The van der Waals surface area contributed by atoms with E-state index >= 15 is 0 Å². The molecule has 0 aromatic heterocycles. The maximum Gasteiger partial charge on any atom is 0.326 e. The minimum absolute atomic E-state index is 0.114. The van der Waals surface area contributed by atoms with E-state index in [9.17, 15) is 9.59 Å². The summed E-state index contributed by atoms with van der Waals surface area (Å²) in [6, 6.07) is -1.01. The molecule has 0 aromatic rings. The Balaban J connectivity index is 4.45. The highest BCUT2D eigenvalue weighted by molar-refractivity contribution is 5.82. The van der Waals surface area contributed by atoms with E-state index in [1.807, 2.05) is 20.8 Å². The first-order chi connectivity index (χ1) is 8.29. The van der Waals surface area contributed by atoms with Crippen LogP contribution in [0.2, 0.25) is 0 Å². The molecular formula is C13H26N2O3. The number of carboxylic acids is 1. The fourth-order valence-corrected chi connectivity index (χ4v) is 1.76. The average molecular weight is 258 g/mol. The normalized spacial score (nSPS) is 14.1. The maximum atomic E-state index is 11.9. The summed E-state index contributed by atoms with van der Waals surface area (Å²) in [5.41, 5.74) is 0. The zero-order valence-electron chi connectivity index (χ0n) is 12.1. The van der Waals surface area contributed by atoms with Crippen LogP contribution >= 0.6 is 0 Å². The molecule has 2 atom stereocenters. The largest absolute Gasteiger partial charge is 0.480 e. The second kappa shape index (κ2) is 7.95. The Morgan fingerprint density at radius 1 is 1.28 bits per heavy atom. The fourth-order valence-electron chi connectivity index (χ4n) is 1.76. The molecule has 0 aromatic carbocycles. The van der Waals surface area contributed by atoms with Crippen LogP contribution in [0.4, 0.5) is 4.79 Å². The highest BCUT2D eigenvalue weighted by Crippen LogP contribution is 2.08. The lowest BCUT2D eigenvalue weighted by Gasteiger charge is -2.27. The monoisotopic (exact) mass is 258 g/mol. The predicted molar refractivity (Wildman–Crippen MR) is 71.5 cm³/mol. The van der Waals surface area contributed by atoms with Gasteiger partial charge in [-0.25, -0.2) is 9.59 Å². The molecule has 0 rings (SSSR count). The fraction of sp³-hybridized carbons (Fsp3) is 0.846. The van der Waals surface area contributed by atoms with Crippen molar-refractivity contribution in [1.29, 1.82) is 0 Å². The van der Waals surface area contributed by atoms with Gasteiger partial charge in [-0.3, -0.25) is 0 Å². The predicted octanol–water partition coefficient (Wildman–Crippen LogP) is 2.32. The summed E-state index contributed by atoms with van der Waals surface area (Å²) in [4.78, 5) is 24.5. The molecule has 0 saturated heterocycles. The smallest absolute Gasteiger partial charge is 0.326 e. The lowest BCUT2D eigenvalue weighted by molar-refractivity contribution is -0.139. The number of carbonyl (C=O) groups is 2. The van der Waals surface area contributed by atoms with Crippen LogP contribution in [0, 0.1) is 5.92 Å². The van der Waals surface area contributed by atoms with Crippen molar-refractivity contribution in [1.82, 2.24) is 10.2 Å². The highest BCUT2D eigenvalue weighted by Gasteiger charge is 2.24. The Morgan fingerprint density at radius 3 is 2.22 bits per heavy atom. The second-order valence-corrected chi connectivity index (χ2v) is 5.22. The van der Waals surface area contributed by atoms with E-state index in [2.05, 4.69) is 12.2 Å². The minimum Gasteiger partial charge on any atom is -0.480 e. The first-order valence-corrected chi connectivity index (χ1v) is 6.55. The second-order valence-electron chi connectivity index (χ2n) is 5.22. The van der Waals surface area contributed by atoms with Gasteiger partial charge in [0.2, 0.25) is 0 Å². The Bertz CT molecular complexity index is 279. The van der Waals surface area contributed by atoms with E-state index in [4.69, 9.17) is 5.11 Å². The minimum atomic E-state index is -0.978. The third kappa shape index (κ3) is 5.89. The van der Waals surface area contributed by atoms with Crippen LogP contribution < -0.4 is 5.32 Å². The lowest BCUT2D eigenvalue weighted by Crippen LogP contribution is -2.49. The first-order valence-electron chi connectivity index (χ1n) is 6.55. The zero-order valence-corrected chi connectivity index (χ0v) is 12.1. The topological polar surface area (TPSA) is 69.6 Å². The Labute approximate surface area is 110 Å². The van der Waals surface area contributed by atoms with Crippen LogP contribution in [0.5, 0.6) is 0 Å². The van der Waals surface area contributed by atoms with Crippen LogP contribution in [-0.4, -0.2) is 41.1 Å². The molecule has 18 heavy (non-hydrogen) atoms. The molecule has 0 aliphatic heterocycles. The molecule has 0 saturated carbocycles. The van der Waals surface area contributed by atoms with E-state index in [1.54, 1.807) is 11.9 Å². The van der Waals surface area contributed by atoms with Crippen molar-refractivity contribution < 1.29 is 14.7 Å². The summed E-state index contributed by atoms with van der Waals surface area (Å²) in [5, 5.41) is 11.6. The Morgan fingerprint density at radius 2 is 1.83 bits per heavy atom. The molecule has 2 amide bonds. The maximum absolute atomic E-state index is 11.9. The molecule has 2 N–H and O–H groups in total. The summed E-state index contributed by atoms with van der Waals surface area (Å²) >= 11 is 0. The molecule has 1 unspecified atom stereocenters. The van der Waals surface area contributed by atoms with Crippen LogP contribution in [0.15, 0.2) is 0 Å². The number of urea groups is 1. The van der Waals surface area contributed by atoms with Gasteiger partial charge in [0.05, 0.1) is 0 Å². The molecule has 0 aliphatic carbocycles. The number of nitrogens with zero attached hydrogens (tertiary/aromatic N) is 1. The average Bonchev–Trinajstić information content (AvgIpc) is 2.26. The summed E-state index contributed by atoms with van der Waals surface area (Å²) in [6.07, 6.45) is 2.34. The third-order valence-electron chi connectivity index (χ3n) is 2.99. The van der Waals surface area contributed by atoms with E-state index in [0.717, 1.165) is 12.8 Å². The van der Waals surface area contributed by atoms with Gasteiger partial charge in [0.25, 0.3) is 0 Å². The standard InChI is InChI=1S/C13H26N2O3/c1-6-7-10(4)15(5)13(18)14-11(12(16)17)8-9(2)3/h9-11H,6-8H2,1-5H3,(H,14,18)(H,16,17)/t10?,11-/m0/s1. The third-order valence-corrected chi connectivity index (χ3v) is 2.99. The quantitative estimate of drug-likeness (QED) is 0.736. The lowest BCUT2D eigenvalue weighted by atomic mass is 10.0. The van der Waals surface area contributed by atoms with Crippen molar-refractivity contribution in [2.75, 3.05) is 7.05 Å². The number of nitrogens with one attached hydrogen (secondary N) is 1. The van der Waals surface area contributed by atoms with Crippen molar-refractivity contribution in [3.63, 3.8) is 0 Å². The molecule has 0 radical (unpaired) electrons. The van der Waals surface area contributed by atoms with Gasteiger partial charge in [-0.2, -0.15) is 0 Å². The SMILES string of the molecule is CCCC(C)N(C)C(=O)N[C@@H](CC(C)C)C(=O)O. The molecule has 0 heterocycles. The summed E-state index contributed by atoms with van der Waals surface area (Å²) in [7, 11) is 1.70. The van der Waals surface area contributed by atoms with Gasteiger partial charge in [-0.15, -0.1) is 0 Å². The number of amides is 2. The molecule has 106 valence electrons. The van der Waals surface area contributed by atoms with Gasteiger partial charge >= 0.3 is 12.0 Å². The Hall–Kier alpha value is -1.26. The number of aliphatic carboxylic acids is 1. The van der Waals surface area contributed by atoms with Gasteiger partial charge in [-0.1, -0.05) is 27.2 Å². The molecule has 0 aliphatic rings. The highest BCUT2D eigenvalue weighted by atomic mass is 16.4. The number of carboxylic acid groups (broad SMARTS) is 1. The van der Waals surface area contributed by atoms with E-state index in [0.29, 0.717) is 6.42 Å². The van der Waals surface area contributed by atoms with Gasteiger partial charge in [0.1, 0.15) is 6.04 Å². The molecule has 0 spiro atoms. The van der Waals surface area contributed by atoms with Gasteiger partial charge < -0.3 is 15.3 Å². The van der Waals surface area contributed by atoms with Gasteiger partial charge in [0, 0.05) is 13.1 Å². The summed E-state index contributed by atoms with van der Waals surface area (Å²) in [5.74, 6) is -0.752. The zero-order chi connectivity index (χ0) is 14.3. The van der Waals surface area contributed by atoms with Gasteiger partial charge in [-0.05, 0) is 25.7 Å². The van der Waals surface area contributed by atoms with Crippen LogP contribution in [-0.2, 0) is 4.79 Å². The van der Waals surface area contributed by atoms with E-state index < -0.39 is 12.0 Å². The van der Waals surface area contributed by atoms with Crippen molar-refractivity contribution in [3.8, 4) is 0 Å². The van der Waals surface area contributed by atoms with Gasteiger partial charge in [0.15, 0.2) is 0 Å². The number of rotatable bonds is 7.